The topological polar surface area (TPSA) is 20.2 Å². The molecule has 2 aromatic rings. The molecule has 0 bridgehead atoms. The fourth-order valence-electron chi connectivity index (χ4n) is 2.22. The summed E-state index contributed by atoms with van der Waals surface area (Å²) in [6.45, 7) is 6.07. The van der Waals surface area contributed by atoms with Gasteiger partial charge in [-0.2, -0.15) is 0 Å². The van der Waals surface area contributed by atoms with E-state index in [2.05, 4.69) is 48.0 Å². The number of halogens is 1. The van der Waals surface area contributed by atoms with E-state index < -0.39 is 5.60 Å². The highest BCUT2D eigenvalue weighted by molar-refractivity contribution is 9.10. The predicted octanol–water partition coefficient (Wildman–Crippen LogP) is 4.52. The first-order chi connectivity index (χ1) is 8.88. The molecule has 0 aliphatic carbocycles. The van der Waals surface area contributed by atoms with Crippen LogP contribution >= 0.6 is 15.9 Å². The Morgan fingerprint density at radius 1 is 1.00 bits per heavy atom. The summed E-state index contributed by atoms with van der Waals surface area (Å²) in [4.78, 5) is 0. The molecule has 0 amide bonds. The number of aliphatic hydroxyl groups is 1. The molecule has 2 heteroatoms. The maximum atomic E-state index is 10.7. The van der Waals surface area contributed by atoms with Crippen molar-refractivity contribution < 1.29 is 5.11 Å². The van der Waals surface area contributed by atoms with Gasteiger partial charge >= 0.3 is 0 Å². The summed E-state index contributed by atoms with van der Waals surface area (Å²) in [5, 5.41) is 10.7. The van der Waals surface area contributed by atoms with E-state index in [0.29, 0.717) is 6.42 Å². The van der Waals surface area contributed by atoms with E-state index in [1.807, 2.05) is 31.2 Å². The Morgan fingerprint density at radius 3 is 2.21 bits per heavy atom. The molecule has 0 aliphatic rings. The van der Waals surface area contributed by atoms with Crippen LogP contribution in [0.2, 0.25) is 0 Å². The van der Waals surface area contributed by atoms with Gasteiger partial charge in [0, 0.05) is 10.9 Å². The van der Waals surface area contributed by atoms with Gasteiger partial charge in [0.05, 0.1) is 5.60 Å². The van der Waals surface area contributed by atoms with Gasteiger partial charge in [-0.05, 0) is 55.2 Å². The lowest BCUT2D eigenvalue weighted by Gasteiger charge is -2.24. The van der Waals surface area contributed by atoms with Gasteiger partial charge in [0.1, 0.15) is 0 Å². The van der Waals surface area contributed by atoms with E-state index in [1.165, 1.54) is 11.1 Å². The van der Waals surface area contributed by atoms with Crippen LogP contribution in [0.25, 0.3) is 0 Å². The molecule has 1 unspecified atom stereocenters. The van der Waals surface area contributed by atoms with Crippen LogP contribution in [0.1, 0.15) is 29.2 Å². The first kappa shape index (κ1) is 14.3. The van der Waals surface area contributed by atoms with Crippen molar-refractivity contribution in [1.82, 2.24) is 0 Å². The Labute approximate surface area is 123 Å². The molecular formula is C17H19BrO. The van der Waals surface area contributed by atoms with Crippen molar-refractivity contribution in [2.24, 2.45) is 0 Å². The average Bonchev–Trinajstić information content (AvgIpc) is 2.34. The van der Waals surface area contributed by atoms with Crippen LogP contribution in [0.3, 0.4) is 0 Å². The quantitative estimate of drug-likeness (QED) is 0.882. The lowest BCUT2D eigenvalue weighted by Crippen LogP contribution is -2.24. The summed E-state index contributed by atoms with van der Waals surface area (Å²) in [7, 11) is 0. The SMILES string of the molecule is Cc1ccc(CC(C)(O)c2ccc(Br)cc2)cc1C. The number of aryl methyl sites for hydroxylation is 2. The standard InChI is InChI=1S/C17H19BrO/c1-12-4-5-14(10-13(12)2)11-17(3,19)15-6-8-16(18)9-7-15/h4-10,19H,11H2,1-3H3. The molecule has 1 N–H and O–H groups in total. The van der Waals surface area contributed by atoms with Crippen molar-refractivity contribution in [3.05, 3.63) is 69.2 Å². The molecule has 0 spiro atoms. The highest BCUT2D eigenvalue weighted by Gasteiger charge is 2.23. The van der Waals surface area contributed by atoms with Crippen molar-refractivity contribution in [1.29, 1.82) is 0 Å². The molecule has 1 atom stereocenters. The third kappa shape index (κ3) is 3.46. The van der Waals surface area contributed by atoms with Gasteiger partial charge < -0.3 is 5.11 Å². The van der Waals surface area contributed by atoms with Gasteiger partial charge in [-0.25, -0.2) is 0 Å². The van der Waals surface area contributed by atoms with E-state index in [4.69, 9.17) is 0 Å². The first-order valence-corrected chi connectivity index (χ1v) is 7.22. The summed E-state index contributed by atoms with van der Waals surface area (Å²) in [6.07, 6.45) is 0.621. The Bertz CT molecular complexity index is 570. The maximum absolute atomic E-state index is 10.7. The molecule has 0 saturated heterocycles. The van der Waals surface area contributed by atoms with Crippen LogP contribution in [0.5, 0.6) is 0 Å². The molecule has 100 valence electrons. The van der Waals surface area contributed by atoms with Gasteiger partial charge in [0.25, 0.3) is 0 Å². The highest BCUT2D eigenvalue weighted by Crippen LogP contribution is 2.27. The van der Waals surface area contributed by atoms with Gasteiger partial charge in [-0.1, -0.05) is 46.3 Å². The van der Waals surface area contributed by atoms with E-state index in [1.54, 1.807) is 0 Å². The van der Waals surface area contributed by atoms with Crippen molar-refractivity contribution in [3.8, 4) is 0 Å². The zero-order chi connectivity index (χ0) is 14.0. The Hall–Kier alpha value is -1.12. The van der Waals surface area contributed by atoms with E-state index in [0.717, 1.165) is 15.6 Å². The van der Waals surface area contributed by atoms with E-state index in [-0.39, 0.29) is 0 Å². The Morgan fingerprint density at radius 2 is 1.63 bits per heavy atom. The van der Waals surface area contributed by atoms with Crippen LogP contribution in [0.15, 0.2) is 46.9 Å². The second kappa shape index (κ2) is 5.48. The molecule has 0 fully saturated rings. The Balaban J connectivity index is 2.25. The second-order valence-electron chi connectivity index (χ2n) is 5.38. The zero-order valence-electron chi connectivity index (χ0n) is 11.6. The normalized spacial score (nSPS) is 14.2. The van der Waals surface area contributed by atoms with Crippen molar-refractivity contribution in [3.63, 3.8) is 0 Å². The first-order valence-electron chi connectivity index (χ1n) is 6.43. The van der Waals surface area contributed by atoms with Crippen LogP contribution in [0.4, 0.5) is 0 Å². The lowest BCUT2D eigenvalue weighted by molar-refractivity contribution is 0.0576. The third-order valence-corrected chi connectivity index (χ3v) is 4.11. The smallest absolute Gasteiger partial charge is 0.0908 e. The third-order valence-electron chi connectivity index (χ3n) is 3.59. The molecule has 0 aromatic heterocycles. The minimum absolute atomic E-state index is 0.621. The second-order valence-corrected chi connectivity index (χ2v) is 6.29. The summed E-state index contributed by atoms with van der Waals surface area (Å²) < 4.78 is 1.03. The van der Waals surface area contributed by atoms with Crippen molar-refractivity contribution in [2.75, 3.05) is 0 Å². The van der Waals surface area contributed by atoms with Crippen LogP contribution in [-0.2, 0) is 12.0 Å². The number of benzene rings is 2. The average molecular weight is 319 g/mol. The number of hydrogen-bond acceptors (Lipinski definition) is 1. The number of rotatable bonds is 3. The minimum atomic E-state index is -0.845. The van der Waals surface area contributed by atoms with Crippen molar-refractivity contribution >= 4 is 15.9 Å². The monoisotopic (exact) mass is 318 g/mol. The van der Waals surface area contributed by atoms with Gasteiger partial charge in [-0.3, -0.25) is 0 Å². The molecular weight excluding hydrogens is 300 g/mol. The van der Waals surface area contributed by atoms with Crippen LogP contribution in [0, 0.1) is 13.8 Å². The molecule has 19 heavy (non-hydrogen) atoms. The molecule has 1 nitrogen and oxygen atoms in total. The van der Waals surface area contributed by atoms with Crippen LogP contribution in [-0.4, -0.2) is 5.11 Å². The summed E-state index contributed by atoms with van der Waals surface area (Å²) in [5.74, 6) is 0. The molecule has 0 heterocycles. The van der Waals surface area contributed by atoms with Gasteiger partial charge in [0.15, 0.2) is 0 Å². The van der Waals surface area contributed by atoms with Gasteiger partial charge in [-0.15, -0.1) is 0 Å². The van der Waals surface area contributed by atoms with E-state index >= 15 is 0 Å². The van der Waals surface area contributed by atoms with Gasteiger partial charge in [0.2, 0.25) is 0 Å². The summed E-state index contributed by atoms with van der Waals surface area (Å²) in [6, 6.07) is 14.2. The molecule has 2 aromatic carbocycles. The molecule has 0 aliphatic heterocycles. The molecule has 0 radical (unpaired) electrons. The molecule has 0 saturated carbocycles. The maximum Gasteiger partial charge on any atom is 0.0908 e. The minimum Gasteiger partial charge on any atom is -0.385 e. The number of hydrogen-bond donors (Lipinski definition) is 1. The molecule has 2 rings (SSSR count). The van der Waals surface area contributed by atoms with Crippen LogP contribution < -0.4 is 0 Å². The van der Waals surface area contributed by atoms with E-state index in [9.17, 15) is 5.11 Å². The largest absolute Gasteiger partial charge is 0.385 e. The fraction of sp³-hybridized carbons (Fsp3) is 0.294. The summed E-state index contributed by atoms with van der Waals surface area (Å²) in [5.41, 5.74) is 3.81. The highest BCUT2D eigenvalue weighted by atomic mass is 79.9. The predicted molar refractivity (Wildman–Crippen MR) is 83.3 cm³/mol. The summed E-state index contributed by atoms with van der Waals surface area (Å²) >= 11 is 3.41. The zero-order valence-corrected chi connectivity index (χ0v) is 13.2. The van der Waals surface area contributed by atoms with Crippen molar-refractivity contribution in [2.45, 2.75) is 32.8 Å². The fourth-order valence-corrected chi connectivity index (χ4v) is 2.49. The Kier molecular flexibility index (Phi) is 4.12. The lowest BCUT2D eigenvalue weighted by atomic mass is 9.88.